The van der Waals surface area contributed by atoms with Gasteiger partial charge < -0.3 is 58.4 Å². The lowest BCUT2D eigenvalue weighted by atomic mass is 10.1. The van der Waals surface area contributed by atoms with Gasteiger partial charge in [0.25, 0.3) is 34.1 Å². The van der Waals surface area contributed by atoms with Crippen molar-refractivity contribution in [1.29, 1.82) is 0 Å². The van der Waals surface area contributed by atoms with E-state index in [0.717, 1.165) is 61.8 Å². The first-order valence-corrected chi connectivity index (χ1v) is 43.2. The number of anilines is 5. The number of nitrogens with zero attached hydrogens (tertiary/aromatic N) is 10. The molecular weight excluding hydrogens is 1700 g/mol. The number of hydrogen-bond donors (Lipinski definition) is 9. The number of methoxy groups -OCH3 is 2. The molecule has 0 fully saturated rings. The van der Waals surface area contributed by atoms with Gasteiger partial charge in [0.2, 0.25) is 0 Å². The molecule has 0 aliphatic carbocycles. The van der Waals surface area contributed by atoms with Crippen molar-refractivity contribution in [1.82, 2.24) is 58.1 Å². The number of benzene rings is 10. The second-order valence-electron chi connectivity index (χ2n) is 32.5. The highest BCUT2D eigenvalue weighted by Crippen LogP contribution is 2.33. The van der Waals surface area contributed by atoms with Crippen LogP contribution in [0.25, 0.3) is 77.1 Å². The van der Waals surface area contributed by atoms with Crippen molar-refractivity contribution in [2.45, 2.75) is 91.3 Å². The van der Waals surface area contributed by atoms with Crippen molar-refractivity contribution in [3.05, 3.63) is 395 Å². The number of fused-ring (bicyclic) bond motifs is 6. The van der Waals surface area contributed by atoms with Crippen molar-refractivity contribution in [3.8, 4) is 34.2 Å². The number of halogens is 1. The van der Waals surface area contributed by atoms with Crippen LogP contribution in [0.1, 0.15) is 127 Å². The molecule has 18 rings (SSSR count). The molecule has 672 valence electrons. The van der Waals surface area contributed by atoms with Crippen LogP contribution >= 0.6 is 11.6 Å². The fraction of sp³-hybridized carbons (Fsp3) is 0.155. The number of pyridine rings is 4. The maximum Gasteiger partial charge on any atom is 0.413 e. The van der Waals surface area contributed by atoms with Crippen molar-refractivity contribution < 1.29 is 28.6 Å². The number of nitrogen functional groups attached to an aromatic ring is 2. The minimum Gasteiger partial charge on any atom is -0.497 e. The predicted octanol–water partition coefficient (Wildman–Crippen LogP) is 17.5. The number of para-hydroxylation sites is 4. The molecule has 0 aliphatic heterocycles. The van der Waals surface area contributed by atoms with Gasteiger partial charge >= 0.3 is 6.09 Å². The quantitative estimate of drug-likeness (QED) is 0.0302. The van der Waals surface area contributed by atoms with Crippen LogP contribution in [-0.4, -0.2) is 85.2 Å². The Kier molecular flexibility index (Phi) is 27.5. The molecule has 4 atom stereocenters. The molecule has 0 unspecified atom stereocenters. The van der Waals surface area contributed by atoms with Crippen molar-refractivity contribution in [2.24, 2.45) is 11.5 Å². The van der Waals surface area contributed by atoms with Crippen molar-refractivity contribution in [3.63, 3.8) is 0 Å². The Morgan fingerprint density at radius 3 is 1.20 bits per heavy atom. The number of amides is 3. The summed E-state index contributed by atoms with van der Waals surface area (Å²) in [5.41, 5.74) is 33.4. The van der Waals surface area contributed by atoms with Gasteiger partial charge in [-0.15, -0.1) is 10.2 Å². The van der Waals surface area contributed by atoms with Crippen LogP contribution in [0.3, 0.4) is 0 Å². The second kappa shape index (κ2) is 40.0. The van der Waals surface area contributed by atoms with Gasteiger partial charge in [-0.05, 0) is 215 Å². The largest absolute Gasteiger partial charge is 0.497 e. The summed E-state index contributed by atoms with van der Waals surface area (Å²) in [5.74, 6) is 0.664. The monoisotopic (exact) mass is 1800 g/mol. The summed E-state index contributed by atoms with van der Waals surface area (Å²) in [6.45, 7) is 13.7. The van der Waals surface area contributed by atoms with Crippen LogP contribution in [0.5, 0.6) is 11.5 Å². The third-order valence-electron chi connectivity index (χ3n) is 22.0. The van der Waals surface area contributed by atoms with Crippen LogP contribution in [-0.2, 0) is 17.8 Å². The number of rotatable bonds is 21. The van der Waals surface area contributed by atoms with E-state index in [2.05, 4.69) is 46.7 Å². The zero-order valence-corrected chi connectivity index (χ0v) is 75.1. The fourth-order valence-electron chi connectivity index (χ4n) is 15.8. The molecular formula is C103H98ClN19O10. The molecule has 18 aromatic rings. The topological polar surface area (TPSA) is 392 Å². The minimum atomic E-state index is -0.763. The molecule has 0 spiro atoms. The Morgan fingerprint density at radius 1 is 0.421 bits per heavy atom. The molecule has 0 saturated heterocycles. The summed E-state index contributed by atoms with van der Waals surface area (Å²) in [7, 11) is 3.28. The van der Waals surface area contributed by atoms with Crippen LogP contribution in [0.2, 0.25) is 5.02 Å². The second-order valence-corrected chi connectivity index (χ2v) is 32.9. The molecule has 8 aromatic heterocycles. The fourth-order valence-corrected chi connectivity index (χ4v) is 16.0. The molecule has 0 saturated carbocycles. The number of ether oxygens (including phenoxy) is 3. The Labute approximate surface area is 768 Å². The lowest BCUT2D eigenvalue weighted by Gasteiger charge is -2.22. The third kappa shape index (κ3) is 20.0. The summed E-state index contributed by atoms with van der Waals surface area (Å²) in [6.07, 6.45) is 5.63. The first-order chi connectivity index (χ1) is 64.1. The summed E-state index contributed by atoms with van der Waals surface area (Å²) in [5, 5.41) is 29.6. The summed E-state index contributed by atoms with van der Waals surface area (Å²) in [4.78, 5) is 103. The summed E-state index contributed by atoms with van der Waals surface area (Å²) < 4.78 is 25.3. The van der Waals surface area contributed by atoms with Gasteiger partial charge in [0.1, 0.15) is 28.2 Å². The SMILES string of the molecule is COc1ccc(CNc2cccc3cc([C@H](C)N)n(-c4ccccc4)c(=O)c23)cc1.COc1ccc(CNc2cccc3cc([C@H](C)NC(=O)c4c(NC(=O)OC(C)(C)C)nn5cccnc45)n(-c4ccccc4)c(=O)c23)cc1.C[C@H](N)c1cc2cccc(Cl)c2c(=O)n1-c1ccccc1.C[C@H](NC(=O)c1c(N)nn2cccnc12)c1cc2cccc(N)c2c(=O)n1-c1ccccc1. The number of hydrogen-bond acceptors (Lipinski definition) is 20. The molecule has 0 bridgehead atoms. The van der Waals surface area contributed by atoms with E-state index in [1.54, 1.807) is 116 Å². The van der Waals surface area contributed by atoms with E-state index in [-0.39, 0.29) is 62.7 Å². The average molecular weight is 1800 g/mol. The number of nitrogens with one attached hydrogen (secondary N) is 5. The molecule has 3 amide bonds. The molecule has 0 radical (unpaired) electrons. The predicted molar refractivity (Wildman–Crippen MR) is 525 cm³/mol. The highest BCUT2D eigenvalue weighted by molar-refractivity contribution is 6.35. The number of aromatic nitrogens is 10. The average Bonchev–Trinajstić information content (AvgIpc) is 1.76. The molecule has 30 heteroatoms. The van der Waals surface area contributed by atoms with Gasteiger partial charge in [-0.25, -0.2) is 23.8 Å². The Morgan fingerprint density at radius 2 is 0.782 bits per heavy atom. The normalized spacial score (nSPS) is 12.1. The summed E-state index contributed by atoms with van der Waals surface area (Å²) >= 11 is 6.21. The van der Waals surface area contributed by atoms with Gasteiger partial charge in [0.05, 0.1) is 52.9 Å². The number of carbonyl (C=O) groups is 3. The Balaban J connectivity index is 0.000000141. The van der Waals surface area contributed by atoms with Crippen LogP contribution in [0.4, 0.5) is 33.5 Å². The van der Waals surface area contributed by atoms with E-state index < -0.39 is 35.6 Å². The standard InChI is InChI=1S/C37H37N7O5.C25H25N3O2.C24H21N7O2.C17H15ClN2O/c1-23(40-34(45)31-32(41-36(47)49-37(2,3)4)42-43-20-10-19-38-33(31)43)29-21-25-11-9-14-28(39-22-24-15-17-27(48-5)18-16-24)30(25)35(46)44(29)26-12-7-6-8-13-26;1-17(26)23-15-19-7-6-10-22(27-16-18-11-13-21(30-2)14-12-18)24(19)25(29)28(23)20-8-4-3-5-9-20;1-14(28-23(32)20-21(26)29-30-12-6-11-27-22(20)30)18-13-15-7-5-10-17(25)19(15)24(33)31(18)16-8-3-2-4-9-16;1-11(19)15-10-12-6-5-9-14(18)16(12)17(21)20(15)13-7-3-2-4-8-13/h6-21,23,39H,22H2,1-5H3,(H,40,45)(H,41,42,47);3-15,17,27H,16,26H2,1-2H3;2-14H,25H2,1H3,(H2,26,29)(H,28,32);2-11H,19H2,1H3/t23-;17-;14-;11-/m0000/s1. The van der Waals surface area contributed by atoms with E-state index in [1.165, 1.54) is 15.2 Å². The lowest BCUT2D eigenvalue weighted by molar-refractivity contribution is 0.0634. The van der Waals surface area contributed by atoms with Crippen LogP contribution in [0, 0.1) is 0 Å². The smallest absolute Gasteiger partial charge is 0.413 e. The van der Waals surface area contributed by atoms with E-state index in [9.17, 15) is 33.6 Å². The minimum absolute atomic E-state index is 0.0100. The van der Waals surface area contributed by atoms with Crippen molar-refractivity contribution in [2.75, 3.05) is 41.6 Å². The highest BCUT2D eigenvalue weighted by atomic mass is 35.5. The molecule has 133 heavy (non-hydrogen) atoms. The van der Waals surface area contributed by atoms with Gasteiger partial charge in [0.15, 0.2) is 22.9 Å². The molecule has 10 aromatic carbocycles. The van der Waals surface area contributed by atoms with E-state index >= 15 is 0 Å². The van der Waals surface area contributed by atoms with Crippen LogP contribution < -0.4 is 81.2 Å². The van der Waals surface area contributed by atoms with Gasteiger partial charge in [-0.2, -0.15) is 0 Å². The number of carbonyl (C=O) groups excluding carboxylic acids is 3. The van der Waals surface area contributed by atoms with Gasteiger partial charge in [-0.1, -0.05) is 157 Å². The number of nitrogens with two attached hydrogens (primary N) is 4. The third-order valence-corrected chi connectivity index (χ3v) is 22.3. The highest BCUT2D eigenvalue weighted by Gasteiger charge is 2.30. The molecule has 13 N–H and O–H groups in total. The molecule has 8 heterocycles. The van der Waals surface area contributed by atoms with Crippen LogP contribution in [0.15, 0.2) is 323 Å². The zero-order chi connectivity index (χ0) is 93.9. The lowest BCUT2D eigenvalue weighted by Crippen LogP contribution is -2.33. The van der Waals surface area contributed by atoms with E-state index in [1.807, 2.05) is 263 Å². The van der Waals surface area contributed by atoms with E-state index in [4.69, 9.17) is 48.7 Å². The van der Waals surface area contributed by atoms with E-state index in [0.29, 0.717) is 90.2 Å². The maximum absolute atomic E-state index is 14.5. The van der Waals surface area contributed by atoms with Crippen molar-refractivity contribution >= 4 is 113 Å². The van der Waals surface area contributed by atoms with Gasteiger partial charge in [-0.3, -0.25) is 52.4 Å². The van der Waals surface area contributed by atoms with Gasteiger partial charge in [0, 0.05) is 113 Å². The first kappa shape index (κ1) is 91.3. The molecule has 29 nitrogen and oxygen atoms in total. The Hall–Kier alpha value is -16.5. The maximum atomic E-state index is 14.5. The first-order valence-electron chi connectivity index (χ1n) is 42.8. The summed E-state index contributed by atoms with van der Waals surface area (Å²) in [6, 6.07) is 84.7. The Bertz CT molecular complexity index is 7590. The molecule has 0 aliphatic rings. The zero-order valence-electron chi connectivity index (χ0n) is 74.3.